The number of cyclic esters (lactones) is 1. The summed E-state index contributed by atoms with van der Waals surface area (Å²) in [7, 11) is 3.17. The summed E-state index contributed by atoms with van der Waals surface area (Å²) in [6, 6.07) is 0. The maximum Gasteiger partial charge on any atom is 0.407 e. The summed E-state index contributed by atoms with van der Waals surface area (Å²) in [4.78, 5) is 50.2. The zero-order chi connectivity index (χ0) is 41.1. The summed E-state index contributed by atoms with van der Waals surface area (Å²) < 4.78 is 23.5. The summed E-state index contributed by atoms with van der Waals surface area (Å²) in [6.45, 7) is 22.3. The van der Waals surface area contributed by atoms with Crippen LogP contribution in [0.1, 0.15) is 98.8 Å². The van der Waals surface area contributed by atoms with Crippen LogP contribution in [0.2, 0.25) is 0 Å². The summed E-state index contributed by atoms with van der Waals surface area (Å²) in [5.74, 6) is -0.328. The minimum Gasteiger partial charge on any atom is -0.457 e. The molecule has 9 atom stereocenters. The van der Waals surface area contributed by atoms with Gasteiger partial charge in [-0.1, -0.05) is 70.4 Å². The number of epoxide rings is 1. The molecule has 58 heavy (non-hydrogen) atoms. The number of carbonyl (C=O) groups is 4. The van der Waals surface area contributed by atoms with Crippen LogP contribution in [0.25, 0.3) is 0 Å². The molecule has 336 valence electrons. The molecule has 3 aliphatic rings. The van der Waals surface area contributed by atoms with Gasteiger partial charge in [-0.05, 0) is 63.5 Å². The quantitative estimate of drug-likeness (QED) is 0.0224. The number of aliphatic hydroxyl groups is 1. The molecule has 1 saturated heterocycles. The van der Waals surface area contributed by atoms with Gasteiger partial charge in [-0.3, -0.25) is 19.3 Å². The van der Waals surface area contributed by atoms with Gasteiger partial charge in [-0.2, -0.15) is 6.42 Å². The molecule has 1 N–H and O–H groups in total. The van der Waals surface area contributed by atoms with E-state index in [1.165, 1.54) is 22.0 Å². The number of esters is 1. The van der Waals surface area contributed by atoms with Crippen LogP contribution in [0, 0.1) is 46.5 Å². The number of aliphatic hydroxyl groups excluding tert-OH is 1. The molecule has 3 amide bonds. The Morgan fingerprint density at radius 3 is 2.38 bits per heavy atom. The molecule has 11 nitrogen and oxygen atoms in total. The first-order valence-electron chi connectivity index (χ1n) is 19.9. The second-order valence-electron chi connectivity index (χ2n) is 15.2. The number of carbonyl (C=O) groups excluding carboxylic acids is 4. The van der Waals surface area contributed by atoms with E-state index in [1.54, 1.807) is 20.2 Å². The number of unbranched alkanes of at least 4 members (excludes halogenated alkanes) is 3. The molecule has 0 saturated carbocycles. The number of hydrogen-bond donors (Lipinski definition) is 1. The Bertz CT molecular complexity index is 1360. The van der Waals surface area contributed by atoms with Gasteiger partial charge in [0.15, 0.2) is 6.10 Å². The van der Waals surface area contributed by atoms with Gasteiger partial charge in [0, 0.05) is 61.2 Å². The van der Waals surface area contributed by atoms with Crippen LogP contribution in [0.3, 0.4) is 0 Å². The first-order chi connectivity index (χ1) is 26.1. The fraction of sp³-hybridized carbons (Fsp3) is 0.609. The summed E-state index contributed by atoms with van der Waals surface area (Å²) in [5.41, 5.74) is -0.0467. The summed E-state index contributed by atoms with van der Waals surface area (Å²) >= 11 is 0. The zero-order valence-corrected chi connectivity index (χ0v) is 37.8. The molecular formula is C46H74N2NiO9-4. The molecule has 0 aliphatic carbocycles. The number of imide groups is 1. The Balaban J connectivity index is 0. The molecule has 3 heterocycles. The summed E-state index contributed by atoms with van der Waals surface area (Å²) in [5, 5.41) is 10.6. The second-order valence-corrected chi connectivity index (χ2v) is 15.2. The Hall–Kier alpha value is -3.05. The molecule has 0 aromatic carbocycles. The largest absolute Gasteiger partial charge is 0.457 e. The maximum absolute atomic E-state index is 12.8. The normalized spacial score (nSPS) is 27.5. The van der Waals surface area contributed by atoms with Crippen molar-refractivity contribution in [3.63, 3.8) is 0 Å². The number of nitrogens with zero attached hydrogens (tertiary/aromatic N) is 2. The molecule has 0 aromatic heterocycles. The Morgan fingerprint density at radius 1 is 1.16 bits per heavy atom. The van der Waals surface area contributed by atoms with Crippen molar-refractivity contribution < 1.29 is 59.7 Å². The molecule has 3 rings (SSSR count). The van der Waals surface area contributed by atoms with Crippen molar-refractivity contribution in [2.45, 2.75) is 135 Å². The van der Waals surface area contributed by atoms with Crippen molar-refractivity contribution in [3.8, 4) is 0 Å². The molecule has 0 radical (unpaired) electrons. The van der Waals surface area contributed by atoms with Crippen molar-refractivity contribution in [1.82, 2.24) is 9.80 Å². The first-order valence-corrected chi connectivity index (χ1v) is 19.9. The third-order valence-corrected chi connectivity index (χ3v) is 10.5. The zero-order valence-electron chi connectivity index (χ0n) is 36.8. The van der Waals surface area contributed by atoms with Crippen LogP contribution in [0.4, 0.5) is 4.79 Å². The van der Waals surface area contributed by atoms with E-state index in [0.717, 1.165) is 50.5 Å². The van der Waals surface area contributed by atoms with Gasteiger partial charge in [-0.15, -0.1) is 13.1 Å². The van der Waals surface area contributed by atoms with Gasteiger partial charge in [0.25, 0.3) is 11.8 Å². The predicted molar refractivity (Wildman–Crippen MR) is 228 cm³/mol. The fourth-order valence-corrected chi connectivity index (χ4v) is 6.63. The Kier molecular flexibility index (Phi) is 28.7. The number of methoxy groups -OCH3 is 1. The number of allylic oxidation sites excluding steroid dienone is 3. The Morgan fingerprint density at radius 2 is 1.81 bits per heavy atom. The number of hydrogen-bond acceptors (Lipinski definition) is 9. The van der Waals surface area contributed by atoms with Crippen LogP contribution in [0.15, 0.2) is 60.8 Å². The van der Waals surface area contributed by atoms with Gasteiger partial charge in [-0.25, -0.2) is 4.79 Å². The number of rotatable bonds is 17. The van der Waals surface area contributed by atoms with E-state index in [-0.39, 0.29) is 80.7 Å². The van der Waals surface area contributed by atoms with Crippen molar-refractivity contribution in [3.05, 3.63) is 89.5 Å². The van der Waals surface area contributed by atoms with Crippen LogP contribution >= 0.6 is 0 Å². The van der Waals surface area contributed by atoms with E-state index in [0.29, 0.717) is 24.8 Å². The molecular weight excluding hydrogens is 783 g/mol. The SMILES string of the molecule is C=C[C@H](CCC)[C@H]1O[C@@H]1C[C@H](C)/C=C/C=C(\C)[C@H]1OC(=O)CC(O)CC[C@@](C)(OC)[C@@H](OC(=O)N(C)C[CH2-])/C=C/[C@@H]1C.[CH2-]CCCCCN1C(=O)C=CC1=O.[CH3-].[CH3-].[Ni]. The molecule has 0 aromatic rings. The molecule has 0 spiro atoms. The van der Waals surface area contributed by atoms with E-state index < -0.39 is 36.0 Å². The average Bonchev–Trinajstić information content (AvgIpc) is 3.84. The minimum absolute atomic E-state index is 0. The molecule has 0 bridgehead atoms. The van der Waals surface area contributed by atoms with Crippen LogP contribution in [-0.2, 0) is 49.8 Å². The maximum atomic E-state index is 12.8. The average molecular weight is 858 g/mol. The van der Waals surface area contributed by atoms with Crippen molar-refractivity contribution in [1.29, 1.82) is 0 Å². The van der Waals surface area contributed by atoms with Gasteiger partial charge in [0.1, 0.15) is 11.7 Å². The summed E-state index contributed by atoms with van der Waals surface area (Å²) in [6.07, 6.45) is 19.8. The fourth-order valence-electron chi connectivity index (χ4n) is 6.63. The van der Waals surface area contributed by atoms with Crippen LogP contribution in [-0.4, -0.2) is 102 Å². The first kappa shape index (κ1) is 57.0. The Labute approximate surface area is 361 Å². The molecule has 1 unspecified atom stereocenters. The van der Waals surface area contributed by atoms with E-state index in [4.69, 9.17) is 18.9 Å². The van der Waals surface area contributed by atoms with E-state index in [9.17, 15) is 24.3 Å². The third-order valence-electron chi connectivity index (χ3n) is 10.5. The number of ether oxygens (including phenoxy) is 4. The minimum atomic E-state index is -0.915. The molecule has 1 fully saturated rings. The monoisotopic (exact) mass is 856 g/mol. The van der Waals surface area contributed by atoms with Crippen LogP contribution < -0.4 is 0 Å². The van der Waals surface area contributed by atoms with Gasteiger partial charge < -0.3 is 57.7 Å². The van der Waals surface area contributed by atoms with Crippen LogP contribution in [0.5, 0.6) is 0 Å². The van der Waals surface area contributed by atoms with E-state index >= 15 is 0 Å². The van der Waals surface area contributed by atoms with Crippen molar-refractivity contribution >= 4 is 23.9 Å². The molecule has 3 aliphatic heterocycles. The van der Waals surface area contributed by atoms with Gasteiger partial charge in [0.05, 0.1) is 24.7 Å². The predicted octanol–water partition coefficient (Wildman–Crippen LogP) is 8.41. The molecule has 12 heteroatoms. The smallest absolute Gasteiger partial charge is 0.407 e. The van der Waals surface area contributed by atoms with E-state index in [1.807, 2.05) is 45.1 Å². The number of amides is 3. The topological polar surface area (TPSA) is 135 Å². The van der Waals surface area contributed by atoms with Crippen molar-refractivity contribution in [2.24, 2.45) is 17.8 Å². The standard InChI is InChI=1S/C34H54NO7.C10H14NO2.2CH3.Ni/c1-10-14-26(11-2)32-28(40-32)21-23(4)15-13-16-24(5)31-25(6)17-18-29(41-33(38)35(8)12-3)34(7,39-9)20-19-27(36)22-30(37)42-31;1-2-3-4-5-8-11-9(12)6-7-10(11)13;;;/h11,13,15-18,23,25-29,31-32,36H,2-3,10,12,14,19-22H2,1,4-9H3;6-7H,1-5,8H2;2*1H3;/q4*-1;/b15-13+,18-17+,24-16+;;;;/t23-,25+,26-,27?,28-,29+,31-,32-,34-;;;;/m1..../s1. The third kappa shape index (κ3) is 18.9. The second kappa shape index (κ2) is 29.2. The van der Waals surface area contributed by atoms with E-state index in [2.05, 4.69) is 40.3 Å². The van der Waals surface area contributed by atoms with Gasteiger partial charge in [0.2, 0.25) is 0 Å². The van der Waals surface area contributed by atoms with Gasteiger partial charge >= 0.3 is 12.1 Å². The van der Waals surface area contributed by atoms with Crippen molar-refractivity contribution in [2.75, 3.05) is 27.2 Å².